The topological polar surface area (TPSA) is 438 Å². The molecule has 0 spiro atoms. The SMILES string of the molecule is CC[C@H](C)C(C(CC(=O)N1CCCC1C(OC)C(C)C(=O)C[C@@H](Cc1ccccc1)C(=O)NCCc1ccc(CC(=O)[C@@H](CCCNC(N)=O)NC(=O)[C@H](CC(=O)C[C@@H]2O[C@H](CNC(=O)C[C@@H]3O[C@H](COC(=O)C[C@@H]4O[C@H](CNC)C5OC(C)(C)OC54)[C@@H](O)[C@H]3O)C(O)C2O)C(C)C)cc1)OC)N(C)C(=O)[C@@H](CC(=O)C(C(C)C)N(C)C)C(C)C. The summed E-state index contributed by atoms with van der Waals surface area (Å²) in [6.07, 6.45) is -13.0. The number of methoxy groups -OCH3 is 2. The number of rotatable bonds is 50. The molecule has 0 bridgehead atoms. The van der Waals surface area contributed by atoms with Gasteiger partial charge in [-0.2, -0.15) is 0 Å². The molecule has 7 rings (SSSR count). The van der Waals surface area contributed by atoms with Gasteiger partial charge in [0.15, 0.2) is 17.4 Å². The fourth-order valence-corrected chi connectivity index (χ4v) is 17.8. The molecule has 674 valence electrons. The number of urea groups is 1. The van der Waals surface area contributed by atoms with Gasteiger partial charge in [-0.1, -0.05) is 123 Å². The Labute approximate surface area is 707 Å². The average molecular weight is 1690 g/mol. The van der Waals surface area contributed by atoms with E-state index < -0.39 is 182 Å². The fraction of sp³-hybridized carbons (Fsp3) is 0.739. The number of nitrogens with zero attached hydrogens (tertiary/aromatic N) is 3. The average Bonchev–Trinajstić information content (AvgIpc) is 1.59. The molecule has 2 aromatic carbocycles. The van der Waals surface area contributed by atoms with Crippen LogP contribution in [0.5, 0.6) is 0 Å². The first kappa shape index (κ1) is 99.8. The van der Waals surface area contributed by atoms with Crippen LogP contribution in [-0.2, 0) is 105 Å². The third kappa shape index (κ3) is 27.8. The second kappa shape index (κ2) is 47.0. The summed E-state index contributed by atoms with van der Waals surface area (Å²) < 4.78 is 47.5. The standard InChI is InChI=1S/C88H139N9O23/c1-18-51(8)76(96(15)86(111)59(49(4)5)41-64(101)75(50(6)7)95(13)14)65(113-16)43-73(103)97-35-23-27-61(97)81(114-17)52(9)62(99)38-56(36-54-24-20-19-21-25-54)84(109)91-34-32-53-28-30-55(31-29-53)37-63(100)60(26-22-33-92-87(89)112)94-85(110)58(48(2)3)39-57(98)40-66-77(105)79(107)69(116-66)46-93-72(102)42-67-78(106)80(108)71(117-67)47-115-74(104)44-68-82-83(70(118-68)45-90-12)120-88(10,11)119-82/h19-21,24-25,28-31,48-52,56,58-61,65-71,75-83,90,105-108H,18,22-23,26-27,32-47H2,1-17H3,(H,91,109)(H,93,102)(H,94,110)(H3,89,92,112)/t51-,52?,56+,58+,59-,60+,61?,65?,66-,67-,68-,69+,70+,71+,75?,76?,77?,78-,79?,80+,81?,82?,83?/m0/s1. The van der Waals surface area contributed by atoms with Crippen LogP contribution in [0.15, 0.2) is 54.6 Å². The Morgan fingerprint density at radius 3 is 1.84 bits per heavy atom. The largest absolute Gasteiger partial charge is 0.463 e. The molecule has 2 aromatic rings. The van der Waals surface area contributed by atoms with Gasteiger partial charge in [0.05, 0.1) is 80.1 Å². The number of hydrogen-bond donors (Lipinski definition) is 10. The molecule has 0 saturated carbocycles. The van der Waals surface area contributed by atoms with Crippen LogP contribution in [0.4, 0.5) is 4.79 Å². The van der Waals surface area contributed by atoms with Gasteiger partial charge in [-0.25, -0.2) is 4.79 Å². The molecule has 0 aromatic heterocycles. The molecular weight excluding hydrogens is 1550 g/mol. The van der Waals surface area contributed by atoms with Crippen LogP contribution in [0.25, 0.3) is 0 Å². The number of likely N-dealkylation sites (tertiary alicyclic amines) is 1. The molecule has 32 nitrogen and oxygen atoms in total. The van der Waals surface area contributed by atoms with E-state index in [-0.39, 0.29) is 142 Å². The highest BCUT2D eigenvalue weighted by Crippen LogP contribution is 2.41. The first-order valence-corrected chi connectivity index (χ1v) is 43.0. The van der Waals surface area contributed by atoms with Crippen molar-refractivity contribution in [2.24, 2.45) is 53.1 Å². The van der Waals surface area contributed by atoms with Gasteiger partial charge in [0, 0.05) is 110 Å². The van der Waals surface area contributed by atoms with E-state index in [1.807, 2.05) is 103 Å². The van der Waals surface area contributed by atoms with Crippen molar-refractivity contribution < 1.29 is 111 Å². The predicted octanol–water partition coefficient (Wildman–Crippen LogP) is 3.49. The van der Waals surface area contributed by atoms with E-state index in [1.165, 1.54) is 7.11 Å². The van der Waals surface area contributed by atoms with E-state index in [4.69, 9.17) is 43.6 Å². The molecule has 11 N–H and O–H groups in total. The van der Waals surface area contributed by atoms with Crippen molar-refractivity contribution in [1.82, 2.24) is 41.3 Å². The van der Waals surface area contributed by atoms with Crippen LogP contribution in [0.3, 0.4) is 0 Å². The number of carbonyl (C=O) groups is 11. The van der Waals surface area contributed by atoms with Crippen LogP contribution >= 0.6 is 0 Å². The lowest BCUT2D eigenvalue weighted by atomic mass is 9.83. The smallest absolute Gasteiger partial charge is 0.312 e. The summed E-state index contributed by atoms with van der Waals surface area (Å²) in [5, 5.41) is 57.7. The Morgan fingerprint density at radius 2 is 1.24 bits per heavy atom. The van der Waals surface area contributed by atoms with Gasteiger partial charge in [-0.05, 0) is 114 Å². The van der Waals surface area contributed by atoms with Gasteiger partial charge in [-0.15, -0.1) is 0 Å². The highest BCUT2D eigenvalue weighted by molar-refractivity contribution is 5.94. The molecular formula is C88H139N9O23. The zero-order valence-electron chi connectivity index (χ0n) is 73.5. The maximum atomic E-state index is 14.7. The third-order valence-corrected chi connectivity index (χ3v) is 24.6. The number of aliphatic hydroxyl groups is 4. The Morgan fingerprint density at radius 1 is 0.633 bits per heavy atom. The van der Waals surface area contributed by atoms with E-state index >= 15 is 0 Å². The number of primary amides is 1. The van der Waals surface area contributed by atoms with Crippen molar-refractivity contribution >= 4 is 64.7 Å². The minimum absolute atomic E-state index is 0.00379. The maximum Gasteiger partial charge on any atom is 0.312 e. The van der Waals surface area contributed by atoms with Crippen LogP contribution in [0, 0.1) is 47.3 Å². The number of nitrogens with one attached hydrogen (secondary N) is 5. The fourth-order valence-electron chi connectivity index (χ4n) is 17.8. The molecule has 120 heavy (non-hydrogen) atoms. The predicted molar refractivity (Wildman–Crippen MR) is 444 cm³/mol. The molecule has 5 heterocycles. The molecule has 5 aliphatic rings. The molecule has 32 heteroatoms. The summed E-state index contributed by atoms with van der Waals surface area (Å²) in [5.41, 5.74) is 7.64. The van der Waals surface area contributed by atoms with Crippen molar-refractivity contribution in [3.8, 4) is 0 Å². The molecule has 0 radical (unpaired) electrons. The van der Waals surface area contributed by atoms with Crippen molar-refractivity contribution in [2.75, 3.05) is 81.7 Å². The Kier molecular flexibility index (Phi) is 39.1. The zero-order valence-corrected chi connectivity index (χ0v) is 73.5. The van der Waals surface area contributed by atoms with Gasteiger partial charge in [-0.3, -0.25) is 52.8 Å². The monoisotopic (exact) mass is 1690 g/mol. The van der Waals surface area contributed by atoms with Gasteiger partial charge < -0.3 is 100 Å². The van der Waals surface area contributed by atoms with Crippen molar-refractivity contribution in [3.63, 3.8) is 0 Å². The first-order valence-electron chi connectivity index (χ1n) is 43.0. The number of amides is 7. The Hall–Kier alpha value is -7.31. The molecule has 7 amide bonds. The maximum absolute atomic E-state index is 14.7. The molecule has 5 fully saturated rings. The number of ether oxygens (including phenoxy) is 8. The van der Waals surface area contributed by atoms with E-state index in [0.29, 0.717) is 44.3 Å². The number of nitrogens with two attached hydrogens (primary N) is 1. The first-order chi connectivity index (χ1) is 56.7. The third-order valence-electron chi connectivity index (χ3n) is 24.6. The second-order valence-electron chi connectivity index (χ2n) is 35.2. The summed E-state index contributed by atoms with van der Waals surface area (Å²) in [7, 11) is 10.3. The van der Waals surface area contributed by atoms with E-state index in [1.54, 1.807) is 77.8 Å². The highest BCUT2D eigenvalue weighted by atomic mass is 16.8. The van der Waals surface area contributed by atoms with Gasteiger partial charge in [0.25, 0.3) is 0 Å². The second-order valence-corrected chi connectivity index (χ2v) is 35.2. The molecule has 0 aliphatic carbocycles. The van der Waals surface area contributed by atoms with Crippen LogP contribution < -0.4 is 32.3 Å². The lowest BCUT2D eigenvalue weighted by Gasteiger charge is -2.41. The van der Waals surface area contributed by atoms with Crippen molar-refractivity contribution in [2.45, 2.75) is 288 Å². The lowest BCUT2D eigenvalue weighted by molar-refractivity contribution is -0.189. The highest BCUT2D eigenvalue weighted by Gasteiger charge is 2.56. The quantitative estimate of drug-likeness (QED) is 0.0335. The summed E-state index contributed by atoms with van der Waals surface area (Å²) in [6.45, 7) is 21.2. The van der Waals surface area contributed by atoms with Gasteiger partial charge in [0.2, 0.25) is 29.5 Å². The number of hydrogen-bond acceptors (Lipinski definition) is 25. The molecule has 23 atom stereocenters. The molecule has 5 saturated heterocycles. The van der Waals surface area contributed by atoms with Gasteiger partial charge in [0.1, 0.15) is 67.0 Å². The van der Waals surface area contributed by atoms with Crippen molar-refractivity contribution in [3.05, 3.63) is 71.3 Å². The van der Waals surface area contributed by atoms with Crippen LogP contribution in [0.2, 0.25) is 0 Å². The number of benzene rings is 2. The molecule has 10 unspecified atom stereocenters. The number of carbonyl (C=O) groups excluding carboxylic acids is 11. The van der Waals surface area contributed by atoms with E-state index in [0.717, 1.165) is 11.1 Å². The summed E-state index contributed by atoms with van der Waals surface area (Å²) in [5.74, 6) is -8.22. The van der Waals surface area contributed by atoms with E-state index in [2.05, 4.69) is 26.6 Å². The van der Waals surface area contributed by atoms with Crippen LogP contribution in [-0.4, -0.2) is 297 Å². The van der Waals surface area contributed by atoms with Crippen molar-refractivity contribution in [1.29, 1.82) is 0 Å². The number of likely N-dealkylation sites (N-methyl/N-ethyl adjacent to an activating group) is 3. The minimum atomic E-state index is -1.57. The normalized spacial score (nSPS) is 25.8. The number of ketones is 4. The summed E-state index contributed by atoms with van der Waals surface area (Å²) in [4.78, 5) is 158. The van der Waals surface area contributed by atoms with Crippen LogP contribution in [0.1, 0.15) is 170 Å². The van der Waals surface area contributed by atoms with E-state index in [9.17, 15) is 73.2 Å². The molecule has 5 aliphatic heterocycles. The summed E-state index contributed by atoms with van der Waals surface area (Å²) >= 11 is 0. The minimum Gasteiger partial charge on any atom is -0.463 e. The lowest BCUT2D eigenvalue weighted by Crippen LogP contribution is -2.54. The number of Topliss-reactive ketones (excluding diaryl/α,β-unsaturated/α-hetero) is 4. The van der Waals surface area contributed by atoms with Gasteiger partial charge >= 0.3 is 12.0 Å². The Bertz CT molecular complexity index is 3680. The Balaban J connectivity index is 0.891. The number of fused-ring (bicyclic) bond motifs is 1. The summed E-state index contributed by atoms with van der Waals surface area (Å²) in [6, 6.07) is 13.5. The number of aliphatic hydroxyl groups excluding tert-OH is 4. The number of esters is 1. The zero-order chi connectivity index (χ0) is 88.7.